The van der Waals surface area contributed by atoms with Gasteiger partial charge in [0.2, 0.25) is 5.91 Å². The Morgan fingerprint density at radius 2 is 1.95 bits per heavy atom. The quantitative estimate of drug-likeness (QED) is 0.653. The van der Waals surface area contributed by atoms with E-state index < -0.39 is 0 Å². The molecule has 2 amide bonds. The van der Waals surface area contributed by atoms with Gasteiger partial charge in [0.15, 0.2) is 0 Å². The molecule has 7 nitrogen and oxygen atoms in total. The molecule has 1 aromatic heterocycles. The van der Waals surface area contributed by atoms with Gasteiger partial charge in [-0.3, -0.25) is 9.59 Å². The maximum absolute atomic E-state index is 11.7. The number of rotatable bonds is 7. The van der Waals surface area contributed by atoms with E-state index in [0.717, 1.165) is 6.42 Å². The molecule has 0 bridgehead atoms. The first-order valence-electron chi connectivity index (χ1n) is 6.22. The lowest BCUT2D eigenvalue weighted by atomic mass is 10.3. The molecule has 1 rings (SSSR count). The molecule has 0 unspecified atom stereocenters. The summed E-state index contributed by atoms with van der Waals surface area (Å²) in [5.74, 6) is 0.188. The number of amides is 2. The minimum absolute atomic E-state index is 0.0706. The number of nitrogens with zero attached hydrogens (tertiary/aromatic N) is 2. The third-order valence-corrected chi connectivity index (χ3v) is 2.35. The van der Waals surface area contributed by atoms with Crippen LogP contribution < -0.4 is 16.0 Å². The van der Waals surface area contributed by atoms with E-state index in [1.807, 2.05) is 6.92 Å². The van der Waals surface area contributed by atoms with Gasteiger partial charge < -0.3 is 16.0 Å². The Balaban J connectivity index is 2.32. The molecule has 104 valence electrons. The van der Waals surface area contributed by atoms with Gasteiger partial charge >= 0.3 is 0 Å². The standard InChI is InChI=1S/C12H19N5O2/c1-3-5-14-11(18)4-6-15-12(19)9-7-17-10(13-2)8-16-9/h7-8H,3-6H2,1-2H3,(H,13,17)(H,14,18)(H,15,19). The van der Waals surface area contributed by atoms with Gasteiger partial charge in [-0.1, -0.05) is 6.92 Å². The van der Waals surface area contributed by atoms with Gasteiger partial charge in [-0.05, 0) is 6.42 Å². The van der Waals surface area contributed by atoms with E-state index in [4.69, 9.17) is 0 Å². The second kappa shape index (κ2) is 8.02. The average molecular weight is 265 g/mol. The van der Waals surface area contributed by atoms with Crippen LogP contribution in [0.2, 0.25) is 0 Å². The van der Waals surface area contributed by atoms with Crippen molar-refractivity contribution < 1.29 is 9.59 Å². The fourth-order valence-electron chi connectivity index (χ4n) is 1.31. The summed E-state index contributed by atoms with van der Waals surface area (Å²) >= 11 is 0. The summed E-state index contributed by atoms with van der Waals surface area (Å²) in [6, 6.07) is 0. The van der Waals surface area contributed by atoms with Crippen molar-refractivity contribution in [2.75, 3.05) is 25.5 Å². The number of anilines is 1. The van der Waals surface area contributed by atoms with Gasteiger partial charge in [0.05, 0.1) is 12.4 Å². The number of nitrogens with one attached hydrogen (secondary N) is 3. The SMILES string of the molecule is CCCNC(=O)CCNC(=O)c1cnc(NC)cn1. The van der Waals surface area contributed by atoms with Crippen LogP contribution >= 0.6 is 0 Å². The first-order chi connectivity index (χ1) is 9.17. The fraction of sp³-hybridized carbons (Fsp3) is 0.500. The zero-order valence-electron chi connectivity index (χ0n) is 11.2. The van der Waals surface area contributed by atoms with Crippen LogP contribution in [0.3, 0.4) is 0 Å². The van der Waals surface area contributed by atoms with Crippen LogP contribution in [0.25, 0.3) is 0 Å². The Morgan fingerprint density at radius 3 is 2.53 bits per heavy atom. The molecule has 19 heavy (non-hydrogen) atoms. The molecule has 1 aromatic rings. The molecule has 0 saturated heterocycles. The van der Waals surface area contributed by atoms with Crippen LogP contribution in [0.5, 0.6) is 0 Å². The van der Waals surface area contributed by atoms with Crippen molar-refractivity contribution in [1.29, 1.82) is 0 Å². The van der Waals surface area contributed by atoms with Crippen molar-refractivity contribution in [1.82, 2.24) is 20.6 Å². The molecule has 0 aliphatic rings. The summed E-state index contributed by atoms with van der Waals surface area (Å²) in [4.78, 5) is 30.9. The van der Waals surface area contributed by atoms with Crippen molar-refractivity contribution in [3.8, 4) is 0 Å². The Kier molecular flexibility index (Phi) is 6.28. The minimum atomic E-state index is -0.335. The Labute approximate surface area is 112 Å². The first-order valence-corrected chi connectivity index (χ1v) is 6.22. The summed E-state index contributed by atoms with van der Waals surface area (Å²) in [5, 5.41) is 8.17. The van der Waals surface area contributed by atoms with E-state index >= 15 is 0 Å². The van der Waals surface area contributed by atoms with E-state index in [2.05, 4.69) is 25.9 Å². The number of carbonyl (C=O) groups excluding carboxylic acids is 2. The smallest absolute Gasteiger partial charge is 0.271 e. The molecule has 0 saturated carbocycles. The third-order valence-electron chi connectivity index (χ3n) is 2.35. The van der Waals surface area contributed by atoms with Crippen molar-refractivity contribution in [3.63, 3.8) is 0 Å². The maximum atomic E-state index is 11.7. The summed E-state index contributed by atoms with van der Waals surface area (Å²) in [6.45, 7) is 2.92. The lowest BCUT2D eigenvalue weighted by molar-refractivity contribution is -0.120. The molecule has 7 heteroatoms. The summed E-state index contributed by atoms with van der Waals surface area (Å²) in [6.07, 6.45) is 4.01. The highest BCUT2D eigenvalue weighted by Crippen LogP contribution is 1.99. The molecule has 0 fully saturated rings. The van der Waals surface area contributed by atoms with Gasteiger partial charge in [0.1, 0.15) is 11.5 Å². The van der Waals surface area contributed by atoms with E-state index in [-0.39, 0.29) is 30.5 Å². The summed E-state index contributed by atoms with van der Waals surface area (Å²) in [5.41, 5.74) is 0.230. The van der Waals surface area contributed by atoms with Crippen LogP contribution in [0.1, 0.15) is 30.3 Å². The molecule has 0 aliphatic carbocycles. The molecule has 0 aliphatic heterocycles. The lowest BCUT2D eigenvalue weighted by Gasteiger charge is -2.05. The predicted molar refractivity (Wildman–Crippen MR) is 71.8 cm³/mol. The molecular formula is C12H19N5O2. The van der Waals surface area contributed by atoms with Crippen LogP contribution in [0.15, 0.2) is 12.4 Å². The number of carbonyl (C=O) groups is 2. The summed E-state index contributed by atoms with van der Waals surface area (Å²) < 4.78 is 0. The van der Waals surface area contributed by atoms with E-state index in [1.54, 1.807) is 7.05 Å². The van der Waals surface area contributed by atoms with E-state index in [9.17, 15) is 9.59 Å². The van der Waals surface area contributed by atoms with Crippen molar-refractivity contribution in [2.24, 2.45) is 0 Å². The second-order valence-electron chi connectivity index (χ2n) is 3.89. The highest BCUT2D eigenvalue weighted by Gasteiger charge is 2.08. The Hall–Kier alpha value is -2.18. The molecule has 0 aromatic carbocycles. The Bertz CT molecular complexity index is 419. The van der Waals surface area contributed by atoms with Crippen LogP contribution in [-0.4, -0.2) is 41.9 Å². The Morgan fingerprint density at radius 1 is 1.16 bits per heavy atom. The van der Waals surface area contributed by atoms with Gasteiger partial charge in [-0.2, -0.15) is 0 Å². The van der Waals surface area contributed by atoms with Gasteiger partial charge in [0, 0.05) is 26.6 Å². The number of aromatic nitrogens is 2. The van der Waals surface area contributed by atoms with Crippen molar-refractivity contribution in [2.45, 2.75) is 19.8 Å². The highest BCUT2D eigenvalue weighted by atomic mass is 16.2. The minimum Gasteiger partial charge on any atom is -0.372 e. The van der Waals surface area contributed by atoms with Crippen LogP contribution in [-0.2, 0) is 4.79 Å². The monoisotopic (exact) mass is 265 g/mol. The van der Waals surface area contributed by atoms with Crippen LogP contribution in [0.4, 0.5) is 5.82 Å². The zero-order chi connectivity index (χ0) is 14.1. The van der Waals surface area contributed by atoms with Crippen molar-refractivity contribution in [3.05, 3.63) is 18.1 Å². The highest BCUT2D eigenvalue weighted by molar-refractivity contribution is 5.92. The van der Waals surface area contributed by atoms with Gasteiger partial charge in [0.25, 0.3) is 5.91 Å². The zero-order valence-corrected chi connectivity index (χ0v) is 11.2. The summed E-state index contributed by atoms with van der Waals surface area (Å²) in [7, 11) is 1.72. The molecule has 0 radical (unpaired) electrons. The van der Waals surface area contributed by atoms with Gasteiger partial charge in [-0.15, -0.1) is 0 Å². The normalized spacial score (nSPS) is 9.79. The third kappa shape index (κ3) is 5.33. The molecular weight excluding hydrogens is 246 g/mol. The van der Waals surface area contributed by atoms with Gasteiger partial charge in [-0.25, -0.2) is 9.97 Å². The van der Waals surface area contributed by atoms with E-state index in [1.165, 1.54) is 12.4 Å². The molecule has 1 heterocycles. The second-order valence-corrected chi connectivity index (χ2v) is 3.89. The van der Waals surface area contributed by atoms with E-state index in [0.29, 0.717) is 12.4 Å². The lowest BCUT2D eigenvalue weighted by Crippen LogP contribution is -2.31. The molecule has 3 N–H and O–H groups in total. The number of hydrogen-bond donors (Lipinski definition) is 3. The largest absolute Gasteiger partial charge is 0.372 e. The van der Waals surface area contributed by atoms with Crippen molar-refractivity contribution >= 4 is 17.6 Å². The first kappa shape index (κ1) is 14.9. The fourth-order valence-corrected chi connectivity index (χ4v) is 1.31. The predicted octanol–water partition coefficient (Wildman–Crippen LogP) is 0.164. The topological polar surface area (TPSA) is 96.0 Å². The molecule has 0 atom stereocenters. The van der Waals surface area contributed by atoms with Crippen LogP contribution in [0, 0.1) is 0 Å². The average Bonchev–Trinajstić information content (AvgIpc) is 2.45. The maximum Gasteiger partial charge on any atom is 0.271 e. The number of hydrogen-bond acceptors (Lipinski definition) is 5. The molecule has 0 spiro atoms.